The molecule has 0 aromatic carbocycles. The van der Waals surface area contributed by atoms with Gasteiger partial charge >= 0.3 is 21.1 Å². The van der Waals surface area contributed by atoms with Crippen LogP contribution in [-0.2, 0) is 31.5 Å². The standard InChI is InChI=1S/C3H10N2.H2O4S.Pt/c4-2-1-3-5;1-5(2,3)4;/h1-5H2;(H2,1,2,3,4);/q;;+2/p-2. The maximum absolute atomic E-state index is 8.52. The Labute approximate surface area is 80.2 Å². The zero-order valence-corrected chi connectivity index (χ0v) is 8.72. The Morgan fingerprint density at radius 3 is 1.27 bits per heavy atom. The molecule has 0 spiro atoms. The van der Waals surface area contributed by atoms with E-state index in [1.165, 1.54) is 0 Å². The van der Waals surface area contributed by atoms with Crippen LogP contribution in [0.5, 0.6) is 0 Å². The van der Waals surface area contributed by atoms with Crippen molar-refractivity contribution in [2.45, 2.75) is 6.42 Å². The summed E-state index contributed by atoms with van der Waals surface area (Å²) in [6.07, 6.45) is 0.944. The molecule has 0 aliphatic rings. The third-order valence-electron chi connectivity index (χ3n) is 0.408. The van der Waals surface area contributed by atoms with Crippen molar-refractivity contribution in [3.8, 4) is 0 Å². The zero-order valence-electron chi connectivity index (χ0n) is 5.63. The summed E-state index contributed by atoms with van der Waals surface area (Å²) in [5.41, 5.74) is 10.1. The van der Waals surface area contributed by atoms with Gasteiger partial charge in [-0.25, -0.2) is 0 Å². The normalized spacial score (nSPS) is 9.09. The molecule has 6 nitrogen and oxygen atoms in total. The molecule has 0 heterocycles. The van der Waals surface area contributed by atoms with Gasteiger partial charge in [-0.2, -0.15) is 0 Å². The Kier molecular flexibility index (Phi) is 16.7. The van der Waals surface area contributed by atoms with E-state index in [1.807, 2.05) is 0 Å². The van der Waals surface area contributed by atoms with Crippen LogP contribution in [0.25, 0.3) is 0 Å². The maximum Gasteiger partial charge on any atom is 2.00 e. The van der Waals surface area contributed by atoms with Crippen LogP contribution in [-0.4, -0.2) is 30.6 Å². The zero-order chi connectivity index (χ0) is 8.62. The molecule has 0 atom stereocenters. The SMILES string of the molecule is NCCCN.O=S(=O)([O-])[O-].[Pt+2]. The summed E-state index contributed by atoms with van der Waals surface area (Å²) in [6, 6.07) is 0. The summed E-state index contributed by atoms with van der Waals surface area (Å²) >= 11 is 0. The molecule has 11 heavy (non-hydrogen) atoms. The Morgan fingerprint density at radius 2 is 1.27 bits per heavy atom. The largest absolute Gasteiger partial charge is 2.00 e. The molecular weight excluding hydrogens is 355 g/mol. The van der Waals surface area contributed by atoms with Crippen molar-refractivity contribution in [1.82, 2.24) is 0 Å². The van der Waals surface area contributed by atoms with Crippen molar-refractivity contribution < 1.29 is 38.6 Å². The predicted molar refractivity (Wildman–Crippen MR) is 33.2 cm³/mol. The van der Waals surface area contributed by atoms with Crippen LogP contribution in [0.4, 0.5) is 0 Å². The Hall–Kier alpha value is 0.478. The minimum absolute atomic E-state index is 0. The fourth-order valence-electron chi connectivity index (χ4n) is 0.118. The van der Waals surface area contributed by atoms with Crippen LogP contribution in [0.3, 0.4) is 0 Å². The van der Waals surface area contributed by atoms with Crippen molar-refractivity contribution in [3.63, 3.8) is 0 Å². The van der Waals surface area contributed by atoms with Crippen molar-refractivity contribution in [1.29, 1.82) is 0 Å². The van der Waals surface area contributed by atoms with Gasteiger partial charge < -0.3 is 20.6 Å². The first-order chi connectivity index (χ1) is 4.41. The second kappa shape index (κ2) is 10.5. The van der Waals surface area contributed by atoms with Gasteiger partial charge in [-0.15, -0.1) is 0 Å². The maximum atomic E-state index is 8.52. The molecule has 0 fully saturated rings. The smallest absolute Gasteiger partial charge is 0.759 e. The predicted octanol–water partition coefficient (Wildman–Crippen LogP) is -2.05. The summed E-state index contributed by atoms with van der Waals surface area (Å²) in [4.78, 5) is 0. The first kappa shape index (κ1) is 17.5. The van der Waals surface area contributed by atoms with E-state index >= 15 is 0 Å². The minimum Gasteiger partial charge on any atom is -0.759 e. The molecule has 72 valence electrons. The summed E-state index contributed by atoms with van der Waals surface area (Å²) < 4.78 is 34.1. The molecule has 0 aliphatic heterocycles. The van der Waals surface area contributed by atoms with Gasteiger partial charge in [0.05, 0.1) is 0 Å². The first-order valence-corrected chi connectivity index (χ1v) is 3.82. The van der Waals surface area contributed by atoms with Crippen molar-refractivity contribution in [2.75, 3.05) is 13.1 Å². The van der Waals surface area contributed by atoms with Gasteiger partial charge in [0, 0.05) is 10.4 Å². The van der Waals surface area contributed by atoms with E-state index in [9.17, 15) is 0 Å². The third kappa shape index (κ3) is 123. The molecule has 0 amide bonds. The molecule has 0 unspecified atom stereocenters. The van der Waals surface area contributed by atoms with E-state index in [2.05, 4.69) is 0 Å². The fraction of sp³-hybridized carbons (Fsp3) is 1.00. The molecular formula is C3H10N2O4PtS. The Balaban J connectivity index is -0.000000107. The first-order valence-electron chi connectivity index (χ1n) is 2.48. The third-order valence-corrected chi connectivity index (χ3v) is 0.408. The quantitative estimate of drug-likeness (QED) is 0.428. The van der Waals surface area contributed by atoms with E-state index in [1.54, 1.807) is 0 Å². The second-order valence-electron chi connectivity index (χ2n) is 1.34. The number of rotatable bonds is 2. The molecule has 0 aromatic heterocycles. The molecule has 0 saturated carbocycles. The van der Waals surface area contributed by atoms with Crippen LogP contribution in [0, 0.1) is 0 Å². The van der Waals surface area contributed by atoms with Gasteiger partial charge in [0.25, 0.3) is 0 Å². The van der Waals surface area contributed by atoms with E-state index in [0.29, 0.717) is 0 Å². The molecule has 0 bridgehead atoms. The fourth-order valence-corrected chi connectivity index (χ4v) is 0.118. The number of nitrogens with two attached hydrogens (primary N) is 2. The molecule has 0 radical (unpaired) electrons. The molecule has 0 aromatic rings. The van der Waals surface area contributed by atoms with Crippen molar-refractivity contribution in [3.05, 3.63) is 0 Å². The van der Waals surface area contributed by atoms with Crippen molar-refractivity contribution in [2.24, 2.45) is 11.5 Å². The second-order valence-corrected chi connectivity index (χ2v) is 2.16. The minimum atomic E-state index is -5.17. The van der Waals surface area contributed by atoms with Gasteiger partial charge in [-0.05, 0) is 19.5 Å². The van der Waals surface area contributed by atoms with E-state index in [-0.39, 0.29) is 21.1 Å². The molecule has 0 aliphatic carbocycles. The van der Waals surface area contributed by atoms with E-state index in [0.717, 1.165) is 19.5 Å². The Bertz CT molecular complexity index is 137. The van der Waals surface area contributed by atoms with Gasteiger partial charge in [-0.3, -0.25) is 8.42 Å². The molecule has 0 saturated heterocycles. The average molecular weight is 365 g/mol. The van der Waals surface area contributed by atoms with Crippen LogP contribution in [0.2, 0.25) is 0 Å². The molecule has 0 rings (SSSR count). The Morgan fingerprint density at radius 1 is 1.09 bits per heavy atom. The monoisotopic (exact) mass is 365 g/mol. The topological polar surface area (TPSA) is 132 Å². The van der Waals surface area contributed by atoms with Gasteiger partial charge in [-0.1, -0.05) is 0 Å². The van der Waals surface area contributed by atoms with Crippen molar-refractivity contribution >= 4 is 10.4 Å². The van der Waals surface area contributed by atoms with E-state index < -0.39 is 10.4 Å². The number of hydrogen-bond donors (Lipinski definition) is 2. The van der Waals surface area contributed by atoms with Crippen LogP contribution in [0.1, 0.15) is 6.42 Å². The van der Waals surface area contributed by atoms with Gasteiger partial charge in [0.2, 0.25) is 0 Å². The van der Waals surface area contributed by atoms with Gasteiger partial charge in [0.15, 0.2) is 0 Å². The van der Waals surface area contributed by atoms with Crippen LogP contribution < -0.4 is 11.5 Å². The molecule has 8 heteroatoms. The summed E-state index contributed by atoms with van der Waals surface area (Å²) in [7, 11) is -5.17. The summed E-state index contributed by atoms with van der Waals surface area (Å²) in [5.74, 6) is 0. The van der Waals surface area contributed by atoms with Crippen LogP contribution >= 0.6 is 0 Å². The summed E-state index contributed by atoms with van der Waals surface area (Å²) in [5, 5.41) is 0. The van der Waals surface area contributed by atoms with Crippen LogP contribution in [0.15, 0.2) is 0 Å². The summed E-state index contributed by atoms with van der Waals surface area (Å²) in [6.45, 7) is 1.44. The molecule has 4 N–H and O–H groups in total. The van der Waals surface area contributed by atoms with Gasteiger partial charge in [0.1, 0.15) is 0 Å². The number of hydrogen-bond acceptors (Lipinski definition) is 6. The van der Waals surface area contributed by atoms with E-state index in [4.69, 9.17) is 29.0 Å². The average Bonchev–Trinajstić information content (AvgIpc) is 1.63.